The standard InChI is InChI=1S/C11H12FN5O2/c1-16-7-14-11(15-16)2-3-13-9-4-8(12)5-10(6-9)17(18)19/h4-7,13H,2-3H2,1H3. The fourth-order valence-electron chi connectivity index (χ4n) is 1.60. The predicted molar refractivity (Wildman–Crippen MR) is 66.3 cm³/mol. The zero-order valence-electron chi connectivity index (χ0n) is 10.2. The Hall–Kier alpha value is -2.51. The van der Waals surface area contributed by atoms with Crippen molar-refractivity contribution in [2.75, 3.05) is 11.9 Å². The van der Waals surface area contributed by atoms with Gasteiger partial charge < -0.3 is 5.32 Å². The van der Waals surface area contributed by atoms with E-state index in [0.29, 0.717) is 24.5 Å². The smallest absolute Gasteiger partial charge is 0.274 e. The summed E-state index contributed by atoms with van der Waals surface area (Å²) < 4.78 is 14.8. The van der Waals surface area contributed by atoms with E-state index >= 15 is 0 Å². The van der Waals surface area contributed by atoms with Crippen molar-refractivity contribution in [1.29, 1.82) is 0 Å². The third-order valence-corrected chi connectivity index (χ3v) is 2.42. The molecule has 0 fully saturated rings. The second-order valence-electron chi connectivity index (χ2n) is 3.97. The van der Waals surface area contributed by atoms with E-state index in [1.807, 2.05) is 0 Å². The van der Waals surface area contributed by atoms with Crippen LogP contribution in [0.4, 0.5) is 15.8 Å². The average Bonchev–Trinajstić information content (AvgIpc) is 2.74. The molecule has 0 aliphatic carbocycles. The Morgan fingerprint density at radius 2 is 2.26 bits per heavy atom. The summed E-state index contributed by atoms with van der Waals surface area (Å²) in [5.74, 6) is 0.00793. The molecule has 1 aromatic heterocycles. The Bertz CT molecular complexity index is 599. The molecule has 0 aliphatic heterocycles. The van der Waals surface area contributed by atoms with E-state index in [0.717, 1.165) is 6.07 Å². The van der Waals surface area contributed by atoms with Crippen LogP contribution in [0.15, 0.2) is 24.5 Å². The lowest BCUT2D eigenvalue weighted by molar-refractivity contribution is -0.385. The number of aromatic nitrogens is 3. The quantitative estimate of drug-likeness (QED) is 0.654. The Balaban J connectivity index is 1.97. The number of aryl methyl sites for hydroxylation is 1. The normalized spacial score (nSPS) is 10.4. The third kappa shape index (κ3) is 3.47. The van der Waals surface area contributed by atoms with Crippen LogP contribution < -0.4 is 5.32 Å². The lowest BCUT2D eigenvalue weighted by Gasteiger charge is -2.04. The molecule has 100 valence electrons. The molecule has 2 rings (SSSR count). The zero-order chi connectivity index (χ0) is 13.8. The summed E-state index contributed by atoms with van der Waals surface area (Å²) in [5.41, 5.74) is 0.0843. The first-order valence-electron chi connectivity index (χ1n) is 5.58. The second kappa shape index (κ2) is 5.42. The summed E-state index contributed by atoms with van der Waals surface area (Å²) in [4.78, 5) is 14.0. The summed E-state index contributed by atoms with van der Waals surface area (Å²) in [6.07, 6.45) is 2.13. The molecule has 0 bridgehead atoms. The molecule has 8 heteroatoms. The molecule has 1 N–H and O–H groups in total. The lowest BCUT2D eigenvalue weighted by atomic mass is 10.2. The Labute approximate surface area is 108 Å². The molecule has 0 saturated carbocycles. The fraction of sp³-hybridized carbons (Fsp3) is 0.273. The van der Waals surface area contributed by atoms with Crippen molar-refractivity contribution in [3.8, 4) is 0 Å². The molecule has 0 aliphatic rings. The van der Waals surface area contributed by atoms with Crippen LogP contribution in [0.5, 0.6) is 0 Å². The molecule has 0 unspecified atom stereocenters. The maximum atomic E-state index is 13.2. The van der Waals surface area contributed by atoms with Crippen molar-refractivity contribution in [3.05, 3.63) is 46.3 Å². The molecule has 0 saturated heterocycles. The van der Waals surface area contributed by atoms with Gasteiger partial charge in [-0.05, 0) is 6.07 Å². The van der Waals surface area contributed by atoms with Crippen LogP contribution in [0.3, 0.4) is 0 Å². The highest BCUT2D eigenvalue weighted by atomic mass is 19.1. The van der Waals surface area contributed by atoms with Gasteiger partial charge in [0.15, 0.2) is 5.82 Å². The minimum absolute atomic E-state index is 0.279. The van der Waals surface area contributed by atoms with Crippen molar-refractivity contribution in [2.24, 2.45) is 7.05 Å². The number of nitro groups is 1. The number of hydrogen-bond donors (Lipinski definition) is 1. The molecular formula is C11H12FN5O2. The van der Waals surface area contributed by atoms with Gasteiger partial charge in [0.25, 0.3) is 5.69 Å². The molecule has 1 aromatic carbocycles. The highest BCUT2D eigenvalue weighted by Crippen LogP contribution is 2.19. The van der Waals surface area contributed by atoms with Gasteiger partial charge in [-0.15, -0.1) is 0 Å². The van der Waals surface area contributed by atoms with Gasteiger partial charge in [0.1, 0.15) is 12.1 Å². The van der Waals surface area contributed by atoms with E-state index in [4.69, 9.17) is 0 Å². The van der Waals surface area contributed by atoms with Gasteiger partial charge in [-0.2, -0.15) is 5.10 Å². The third-order valence-electron chi connectivity index (χ3n) is 2.42. The van der Waals surface area contributed by atoms with E-state index < -0.39 is 10.7 Å². The Morgan fingerprint density at radius 3 is 2.89 bits per heavy atom. The first kappa shape index (κ1) is 12.9. The average molecular weight is 265 g/mol. The number of nitrogens with one attached hydrogen (secondary N) is 1. The molecular weight excluding hydrogens is 253 g/mol. The van der Waals surface area contributed by atoms with Gasteiger partial charge in [-0.3, -0.25) is 14.8 Å². The van der Waals surface area contributed by atoms with Crippen LogP contribution in [-0.2, 0) is 13.5 Å². The van der Waals surface area contributed by atoms with Crippen molar-refractivity contribution >= 4 is 11.4 Å². The van der Waals surface area contributed by atoms with Crippen LogP contribution in [0.25, 0.3) is 0 Å². The first-order valence-corrected chi connectivity index (χ1v) is 5.58. The molecule has 19 heavy (non-hydrogen) atoms. The van der Waals surface area contributed by atoms with E-state index in [1.54, 1.807) is 18.1 Å². The first-order chi connectivity index (χ1) is 9.04. The number of anilines is 1. The topological polar surface area (TPSA) is 85.9 Å². The molecule has 1 heterocycles. The van der Waals surface area contributed by atoms with Gasteiger partial charge >= 0.3 is 0 Å². The number of non-ortho nitro benzene ring substituents is 1. The molecule has 0 radical (unpaired) electrons. The Morgan fingerprint density at radius 1 is 1.47 bits per heavy atom. The highest BCUT2D eigenvalue weighted by molar-refractivity contribution is 5.51. The molecule has 7 nitrogen and oxygen atoms in total. The predicted octanol–water partition coefficient (Wildman–Crippen LogP) is 1.52. The van der Waals surface area contributed by atoms with Crippen LogP contribution in [0.2, 0.25) is 0 Å². The van der Waals surface area contributed by atoms with Crippen molar-refractivity contribution in [1.82, 2.24) is 14.8 Å². The van der Waals surface area contributed by atoms with Crippen molar-refractivity contribution in [2.45, 2.75) is 6.42 Å². The molecule has 0 spiro atoms. The second-order valence-corrected chi connectivity index (χ2v) is 3.97. The largest absolute Gasteiger partial charge is 0.384 e. The summed E-state index contributed by atoms with van der Waals surface area (Å²) in [6.45, 7) is 0.463. The highest BCUT2D eigenvalue weighted by Gasteiger charge is 2.09. The fourth-order valence-corrected chi connectivity index (χ4v) is 1.60. The summed E-state index contributed by atoms with van der Waals surface area (Å²) in [5, 5.41) is 17.6. The minimum atomic E-state index is -0.646. The van der Waals surface area contributed by atoms with Crippen LogP contribution in [0, 0.1) is 15.9 Å². The number of benzene rings is 1. The molecule has 0 atom stereocenters. The van der Waals surface area contributed by atoms with Crippen LogP contribution >= 0.6 is 0 Å². The maximum Gasteiger partial charge on any atom is 0.274 e. The van der Waals surface area contributed by atoms with Gasteiger partial charge in [-0.1, -0.05) is 0 Å². The van der Waals surface area contributed by atoms with E-state index in [-0.39, 0.29) is 5.69 Å². The summed E-state index contributed by atoms with van der Waals surface area (Å²) in [6, 6.07) is 3.37. The van der Waals surface area contributed by atoms with E-state index in [9.17, 15) is 14.5 Å². The maximum absolute atomic E-state index is 13.2. The summed E-state index contributed by atoms with van der Waals surface area (Å²) in [7, 11) is 1.76. The van der Waals surface area contributed by atoms with Gasteiger partial charge in [0, 0.05) is 31.8 Å². The lowest BCUT2D eigenvalue weighted by Crippen LogP contribution is -2.07. The monoisotopic (exact) mass is 265 g/mol. The van der Waals surface area contributed by atoms with Crippen LogP contribution in [-0.4, -0.2) is 26.2 Å². The van der Waals surface area contributed by atoms with Gasteiger partial charge in [0.05, 0.1) is 11.0 Å². The van der Waals surface area contributed by atoms with Crippen LogP contribution in [0.1, 0.15) is 5.82 Å². The number of rotatable bonds is 5. The van der Waals surface area contributed by atoms with Gasteiger partial charge in [0.2, 0.25) is 0 Å². The number of hydrogen-bond acceptors (Lipinski definition) is 5. The minimum Gasteiger partial charge on any atom is -0.384 e. The summed E-state index contributed by atoms with van der Waals surface area (Å²) >= 11 is 0. The van der Waals surface area contributed by atoms with Gasteiger partial charge in [-0.25, -0.2) is 9.37 Å². The number of halogens is 1. The Kier molecular flexibility index (Phi) is 3.69. The number of nitro benzene ring substituents is 1. The van der Waals surface area contributed by atoms with E-state index in [1.165, 1.54) is 12.1 Å². The molecule has 2 aromatic rings. The van der Waals surface area contributed by atoms with Crippen molar-refractivity contribution < 1.29 is 9.31 Å². The SMILES string of the molecule is Cn1cnc(CCNc2cc(F)cc([N+](=O)[O-])c2)n1. The van der Waals surface area contributed by atoms with E-state index in [2.05, 4.69) is 15.4 Å². The van der Waals surface area contributed by atoms with Crippen molar-refractivity contribution in [3.63, 3.8) is 0 Å². The molecule has 0 amide bonds. The zero-order valence-corrected chi connectivity index (χ0v) is 10.2. The number of nitrogens with zero attached hydrogens (tertiary/aromatic N) is 4.